The summed E-state index contributed by atoms with van der Waals surface area (Å²) in [5, 5.41) is 6.23. The van der Waals surface area contributed by atoms with Crippen LogP contribution in [0.25, 0.3) is 0 Å². The smallest absolute Gasteiger partial charge is 0.232 e. The van der Waals surface area contributed by atoms with Gasteiger partial charge in [-0.15, -0.1) is 0 Å². The van der Waals surface area contributed by atoms with Gasteiger partial charge in [0.1, 0.15) is 11.6 Å². The second kappa shape index (κ2) is 8.04. The van der Waals surface area contributed by atoms with E-state index in [-0.39, 0.29) is 24.0 Å². The van der Waals surface area contributed by atoms with E-state index in [1.807, 2.05) is 4.90 Å². The lowest BCUT2D eigenvalue weighted by Crippen LogP contribution is -2.35. The molecule has 3 heterocycles. The second-order valence-electron chi connectivity index (χ2n) is 7.14. The zero-order chi connectivity index (χ0) is 20.5. The second-order valence-corrected chi connectivity index (χ2v) is 7.98. The molecule has 1 aromatic carbocycles. The summed E-state index contributed by atoms with van der Waals surface area (Å²) < 4.78 is 0. The minimum absolute atomic E-state index is 0.0549. The molecule has 1 fully saturated rings. The summed E-state index contributed by atoms with van der Waals surface area (Å²) in [6.07, 6.45) is 3.23. The van der Waals surface area contributed by atoms with Gasteiger partial charge < -0.3 is 21.3 Å². The molecule has 8 nitrogen and oxygen atoms in total. The van der Waals surface area contributed by atoms with E-state index in [0.29, 0.717) is 27.2 Å². The number of piperidine rings is 1. The number of amides is 2. The van der Waals surface area contributed by atoms with Gasteiger partial charge in [-0.05, 0) is 37.5 Å². The molecular formula is C19H20Cl2N6O2. The van der Waals surface area contributed by atoms with Crippen molar-refractivity contribution >= 4 is 58.3 Å². The fraction of sp³-hybridized carbons (Fsp3) is 0.368. The maximum atomic E-state index is 12.9. The number of rotatable bonds is 3. The van der Waals surface area contributed by atoms with Crippen molar-refractivity contribution in [2.45, 2.75) is 31.6 Å². The number of benzene rings is 1. The molecule has 29 heavy (non-hydrogen) atoms. The summed E-state index contributed by atoms with van der Waals surface area (Å²) >= 11 is 12.0. The molecular weight excluding hydrogens is 415 g/mol. The molecule has 2 aromatic rings. The van der Waals surface area contributed by atoms with E-state index in [2.05, 4.69) is 20.6 Å². The Kier molecular flexibility index (Phi) is 5.47. The Morgan fingerprint density at radius 2 is 1.97 bits per heavy atom. The van der Waals surface area contributed by atoms with Gasteiger partial charge >= 0.3 is 0 Å². The number of fused-ring (bicyclic) bond motifs is 1. The van der Waals surface area contributed by atoms with Crippen LogP contribution in [0.1, 0.15) is 37.2 Å². The van der Waals surface area contributed by atoms with Crippen LogP contribution in [0.2, 0.25) is 10.0 Å². The first-order valence-electron chi connectivity index (χ1n) is 9.40. The largest absolute Gasteiger partial charge is 0.383 e. The van der Waals surface area contributed by atoms with Crippen LogP contribution < -0.4 is 21.3 Å². The van der Waals surface area contributed by atoms with Crippen molar-refractivity contribution in [2.24, 2.45) is 0 Å². The first-order valence-corrected chi connectivity index (χ1v) is 10.2. The molecule has 4 rings (SSSR count). The van der Waals surface area contributed by atoms with Gasteiger partial charge in [-0.3, -0.25) is 9.59 Å². The molecule has 0 bridgehead atoms. The molecule has 0 saturated carbocycles. The third-order valence-electron chi connectivity index (χ3n) is 5.10. The third-order valence-corrected chi connectivity index (χ3v) is 5.65. The lowest BCUT2D eigenvalue weighted by molar-refractivity contribution is -0.123. The summed E-state index contributed by atoms with van der Waals surface area (Å²) in [6.45, 7) is 1.68. The monoisotopic (exact) mass is 434 g/mol. The number of nitrogens with zero attached hydrogens (tertiary/aromatic N) is 3. The van der Waals surface area contributed by atoms with E-state index in [0.717, 1.165) is 25.9 Å². The van der Waals surface area contributed by atoms with E-state index >= 15 is 0 Å². The highest BCUT2D eigenvalue weighted by Gasteiger charge is 2.35. The molecule has 1 aromatic heterocycles. The van der Waals surface area contributed by atoms with E-state index in [1.54, 1.807) is 12.1 Å². The maximum Gasteiger partial charge on any atom is 0.232 e. The normalized spacial score (nSPS) is 18.8. The summed E-state index contributed by atoms with van der Waals surface area (Å²) in [4.78, 5) is 36.2. The number of halogens is 2. The van der Waals surface area contributed by atoms with Crippen molar-refractivity contribution in [1.82, 2.24) is 9.97 Å². The molecule has 2 aliphatic rings. The van der Waals surface area contributed by atoms with Crippen LogP contribution in [0, 0.1) is 0 Å². The first-order chi connectivity index (χ1) is 13.9. The van der Waals surface area contributed by atoms with Crippen molar-refractivity contribution in [3.05, 3.63) is 33.8 Å². The molecule has 0 unspecified atom stereocenters. The Hall–Kier alpha value is -2.58. The Labute approximate surface area is 177 Å². The average molecular weight is 435 g/mol. The fourth-order valence-corrected chi connectivity index (χ4v) is 4.11. The lowest BCUT2D eigenvalue weighted by atomic mass is 9.92. The van der Waals surface area contributed by atoms with Crippen LogP contribution in [0.5, 0.6) is 0 Å². The number of carbonyl (C=O) groups is 2. The molecule has 2 amide bonds. The maximum absolute atomic E-state index is 12.9. The van der Waals surface area contributed by atoms with Gasteiger partial charge in [-0.25, -0.2) is 0 Å². The van der Waals surface area contributed by atoms with Gasteiger partial charge in [0, 0.05) is 24.5 Å². The van der Waals surface area contributed by atoms with Gasteiger partial charge in [0.05, 0.1) is 22.2 Å². The average Bonchev–Trinajstić information content (AvgIpc) is 2.69. The van der Waals surface area contributed by atoms with Crippen molar-refractivity contribution in [3.8, 4) is 0 Å². The molecule has 0 spiro atoms. The van der Waals surface area contributed by atoms with E-state index < -0.39 is 11.8 Å². The predicted octanol–water partition coefficient (Wildman–Crippen LogP) is 3.42. The summed E-state index contributed by atoms with van der Waals surface area (Å²) in [7, 11) is 0. The van der Waals surface area contributed by atoms with Crippen molar-refractivity contribution in [1.29, 1.82) is 0 Å². The van der Waals surface area contributed by atoms with E-state index in [9.17, 15) is 9.59 Å². The van der Waals surface area contributed by atoms with Crippen molar-refractivity contribution in [3.63, 3.8) is 0 Å². The summed E-state index contributed by atoms with van der Waals surface area (Å²) in [5.41, 5.74) is 7.04. The number of nitrogen functional groups attached to an aromatic ring is 1. The highest BCUT2D eigenvalue weighted by Crippen LogP contribution is 2.37. The molecule has 152 valence electrons. The zero-order valence-electron chi connectivity index (χ0n) is 15.5. The Morgan fingerprint density at radius 3 is 2.69 bits per heavy atom. The Bertz CT molecular complexity index is 977. The molecule has 4 N–H and O–H groups in total. The van der Waals surface area contributed by atoms with Crippen LogP contribution >= 0.6 is 23.2 Å². The van der Waals surface area contributed by atoms with Gasteiger partial charge in [0.25, 0.3) is 0 Å². The first kappa shape index (κ1) is 19.7. The fourth-order valence-electron chi connectivity index (χ4n) is 3.65. The molecule has 10 heteroatoms. The van der Waals surface area contributed by atoms with Crippen LogP contribution in [-0.4, -0.2) is 34.9 Å². The molecule has 0 aliphatic carbocycles. The molecule has 0 radical (unpaired) electrons. The molecule has 1 atom stereocenters. The predicted molar refractivity (Wildman–Crippen MR) is 114 cm³/mol. The summed E-state index contributed by atoms with van der Waals surface area (Å²) in [5.74, 6) is -0.576. The highest BCUT2D eigenvalue weighted by atomic mass is 35.5. The van der Waals surface area contributed by atoms with Crippen LogP contribution in [0.3, 0.4) is 0 Å². The van der Waals surface area contributed by atoms with Crippen molar-refractivity contribution in [2.75, 3.05) is 34.4 Å². The number of carbonyl (C=O) groups excluding carboxylic acids is 2. The SMILES string of the molecule is Nc1nc(N2CCCCC2)nc2c1[C@@H](C(=O)Nc1ccc(Cl)cc1Cl)CC(=O)N2. The number of hydrogen-bond donors (Lipinski definition) is 3. The molecule has 2 aliphatic heterocycles. The Balaban J connectivity index is 1.64. The highest BCUT2D eigenvalue weighted by molar-refractivity contribution is 6.36. The quantitative estimate of drug-likeness (QED) is 0.681. The van der Waals surface area contributed by atoms with Gasteiger partial charge in [0.15, 0.2) is 0 Å². The minimum Gasteiger partial charge on any atom is -0.383 e. The van der Waals surface area contributed by atoms with Crippen LogP contribution in [-0.2, 0) is 9.59 Å². The number of nitrogens with two attached hydrogens (primary N) is 1. The standard InChI is InChI=1S/C19H20Cl2N6O2/c20-10-4-5-13(12(21)8-10)23-18(29)11-9-14(28)24-17-15(11)16(22)25-19(26-17)27-6-2-1-3-7-27/h4-5,8,11H,1-3,6-7,9H2,(H,23,29)(H3,22,24,25,26,28)/t11-/m0/s1. The number of anilines is 4. The number of nitrogens with one attached hydrogen (secondary N) is 2. The zero-order valence-corrected chi connectivity index (χ0v) is 17.1. The number of aromatic nitrogens is 2. The summed E-state index contributed by atoms with van der Waals surface area (Å²) in [6, 6.07) is 4.75. The third kappa shape index (κ3) is 4.09. The van der Waals surface area contributed by atoms with E-state index in [1.165, 1.54) is 12.5 Å². The van der Waals surface area contributed by atoms with Crippen LogP contribution in [0.15, 0.2) is 18.2 Å². The van der Waals surface area contributed by atoms with Crippen molar-refractivity contribution < 1.29 is 9.59 Å². The lowest BCUT2D eigenvalue weighted by Gasteiger charge is -2.30. The number of hydrogen-bond acceptors (Lipinski definition) is 6. The topological polar surface area (TPSA) is 113 Å². The minimum atomic E-state index is -0.819. The Morgan fingerprint density at radius 1 is 1.21 bits per heavy atom. The van der Waals surface area contributed by atoms with Gasteiger partial charge in [0.2, 0.25) is 17.8 Å². The van der Waals surface area contributed by atoms with Gasteiger partial charge in [-0.2, -0.15) is 9.97 Å². The molecule has 1 saturated heterocycles. The van der Waals surface area contributed by atoms with Crippen LogP contribution in [0.4, 0.5) is 23.3 Å². The van der Waals surface area contributed by atoms with Gasteiger partial charge in [-0.1, -0.05) is 23.2 Å². The van der Waals surface area contributed by atoms with E-state index in [4.69, 9.17) is 28.9 Å².